The minimum Gasteiger partial charge on any atom is -0.469 e. The third-order valence-electron chi connectivity index (χ3n) is 3.27. The second-order valence-electron chi connectivity index (χ2n) is 4.36. The van der Waals surface area contributed by atoms with Gasteiger partial charge >= 0.3 is 0 Å². The molecule has 4 nitrogen and oxygen atoms in total. The molecule has 17 heavy (non-hydrogen) atoms. The van der Waals surface area contributed by atoms with Crippen LogP contribution in [0.4, 0.5) is 0 Å². The Morgan fingerprint density at radius 3 is 2.65 bits per heavy atom. The third-order valence-corrected chi connectivity index (χ3v) is 3.61. The van der Waals surface area contributed by atoms with Crippen molar-refractivity contribution in [2.45, 2.75) is 19.8 Å². The largest absolute Gasteiger partial charge is 0.469 e. The summed E-state index contributed by atoms with van der Waals surface area (Å²) in [5.41, 5.74) is 6.27. The summed E-state index contributed by atoms with van der Waals surface area (Å²) in [6.45, 7) is 3.23. The van der Waals surface area contributed by atoms with Gasteiger partial charge in [0.05, 0.1) is 16.8 Å². The zero-order chi connectivity index (χ0) is 12.4. The summed E-state index contributed by atoms with van der Waals surface area (Å²) >= 11 is 4.98. The fourth-order valence-electron chi connectivity index (χ4n) is 2.14. The first-order valence-corrected chi connectivity index (χ1v) is 6.13. The van der Waals surface area contributed by atoms with Gasteiger partial charge in [0, 0.05) is 19.0 Å². The molecule has 1 aliphatic heterocycles. The van der Waals surface area contributed by atoms with Gasteiger partial charge in [-0.3, -0.25) is 4.79 Å². The molecule has 0 bridgehead atoms. The van der Waals surface area contributed by atoms with E-state index in [1.54, 1.807) is 19.3 Å². The number of rotatable bonds is 2. The van der Waals surface area contributed by atoms with Crippen LogP contribution in [0.3, 0.4) is 0 Å². The van der Waals surface area contributed by atoms with E-state index in [4.69, 9.17) is 22.4 Å². The van der Waals surface area contributed by atoms with Gasteiger partial charge in [-0.1, -0.05) is 12.2 Å². The maximum atomic E-state index is 12.2. The highest BCUT2D eigenvalue weighted by atomic mass is 32.1. The van der Waals surface area contributed by atoms with Crippen LogP contribution in [0.25, 0.3) is 0 Å². The number of likely N-dealkylation sites (tertiary alicyclic amines) is 1. The number of piperidine rings is 1. The minimum atomic E-state index is 0.0395. The molecule has 0 aliphatic carbocycles. The maximum absolute atomic E-state index is 12.2. The van der Waals surface area contributed by atoms with Crippen molar-refractivity contribution in [1.29, 1.82) is 0 Å². The van der Waals surface area contributed by atoms with Crippen LogP contribution in [-0.2, 0) is 0 Å². The number of hydrogen-bond donors (Lipinski definition) is 1. The number of nitrogens with two attached hydrogens (primary N) is 1. The van der Waals surface area contributed by atoms with Crippen molar-refractivity contribution < 1.29 is 9.21 Å². The molecule has 1 amide bonds. The summed E-state index contributed by atoms with van der Waals surface area (Å²) in [5.74, 6) is 0.989. The minimum absolute atomic E-state index is 0.0395. The van der Waals surface area contributed by atoms with E-state index in [1.807, 2.05) is 4.90 Å². The molecule has 0 atom stereocenters. The van der Waals surface area contributed by atoms with E-state index in [1.165, 1.54) is 0 Å². The van der Waals surface area contributed by atoms with Crippen molar-refractivity contribution in [3.63, 3.8) is 0 Å². The molecule has 2 rings (SSSR count). The third kappa shape index (κ3) is 2.49. The zero-order valence-corrected chi connectivity index (χ0v) is 10.6. The first kappa shape index (κ1) is 12.1. The summed E-state index contributed by atoms with van der Waals surface area (Å²) in [5, 5.41) is 0. The molecular formula is C12H16N2O2S. The molecule has 0 aromatic carbocycles. The van der Waals surface area contributed by atoms with Gasteiger partial charge in [-0.25, -0.2) is 0 Å². The summed E-state index contributed by atoms with van der Waals surface area (Å²) in [4.78, 5) is 14.6. The van der Waals surface area contributed by atoms with Crippen molar-refractivity contribution in [2.24, 2.45) is 11.7 Å². The Bertz CT molecular complexity index is 433. The second kappa shape index (κ2) is 4.87. The van der Waals surface area contributed by atoms with Gasteiger partial charge in [0.2, 0.25) is 0 Å². The van der Waals surface area contributed by atoms with E-state index in [9.17, 15) is 4.79 Å². The molecule has 2 N–H and O–H groups in total. The van der Waals surface area contributed by atoms with Gasteiger partial charge < -0.3 is 15.1 Å². The van der Waals surface area contributed by atoms with Crippen LogP contribution >= 0.6 is 12.2 Å². The second-order valence-corrected chi connectivity index (χ2v) is 4.83. The highest BCUT2D eigenvalue weighted by Gasteiger charge is 2.26. The molecule has 1 fully saturated rings. The molecule has 92 valence electrons. The van der Waals surface area contributed by atoms with Crippen LogP contribution in [0.1, 0.15) is 29.0 Å². The summed E-state index contributed by atoms with van der Waals surface area (Å²) in [7, 11) is 0. The highest BCUT2D eigenvalue weighted by molar-refractivity contribution is 7.80. The van der Waals surface area contributed by atoms with Crippen LogP contribution < -0.4 is 5.73 Å². The lowest BCUT2D eigenvalue weighted by Crippen LogP contribution is -2.41. The number of carbonyl (C=O) groups is 1. The number of hydrogen-bond acceptors (Lipinski definition) is 3. The average Bonchev–Trinajstić information content (AvgIpc) is 2.74. The molecular weight excluding hydrogens is 236 g/mol. The summed E-state index contributed by atoms with van der Waals surface area (Å²) in [6, 6.07) is 1.72. The van der Waals surface area contributed by atoms with E-state index in [0.29, 0.717) is 29.4 Å². The van der Waals surface area contributed by atoms with E-state index >= 15 is 0 Å². The quantitative estimate of drug-likeness (QED) is 0.814. The SMILES string of the molecule is Cc1occc1C(=O)N1CCC(C(N)=S)CC1. The Morgan fingerprint density at radius 1 is 1.53 bits per heavy atom. The molecule has 2 heterocycles. The maximum Gasteiger partial charge on any atom is 0.257 e. The van der Waals surface area contributed by atoms with Crippen molar-refractivity contribution >= 4 is 23.1 Å². The predicted octanol–water partition coefficient (Wildman–Crippen LogP) is 1.73. The Kier molecular flexibility index (Phi) is 3.47. The number of furan rings is 1. The highest BCUT2D eigenvalue weighted by Crippen LogP contribution is 2.20. The van der Waals surface area contributed by atoms with Gasteiger partial charge in [0.1, 0.15) is 5.76 Å². The van der Waals surface area contributed by atoms with E-state index in [2.05, 4.69) is 0 Å². The predicted molar refractivity (Wildman–Crippen MR) is 68.9 cm³/mol. The first-order chi connectivity index (χ1) is 8.09. The van der Waals surface area contributed by atoms with Gasteiger partial charge in [0.15, 0.2) is 0 Å². The molecule has 0 radical (unpaired) electrons. The number of amides is 1. The number of aryl methyl sites for hydroxylation is 1. The van der Waals surface area contributed by atoms with Crippen molar-refractivity contribution in [2.75, 3.05) is 13.1 Å². The normalized spacial score (nSPS) is 17.1. The lowest BCUT2D eigenvalue weighted by Gasteiger charge is -2.31. The number of nitrogens with zero attached hydrogens (tertiary/aromatic N) is 1. The number of carbonyl (C=O) groups excluding carboxylic acids is 1. The number of thiocarbonyl (C=S) groups is 1. The van der Waals surface area contributed by atoms with Gasteiger partial charge in [-0.15, -0.1) is 0 Å². The van der Waals surface area contributed by atoms with Gasteiger partial charge in [-0.05, 0) is 25.8 Å². The fourth-order valence-corrected chi connectivity index (χ4v) is 2.38. The van der Waals surface area contributed by atoms with Gasteiger partial charge in [-0.2, -0.15) is 0 Å². The zero-order valence-electron chi connectivity index (χ0n) is 9.81. The Morgan fingerprint density at radius 2 is 2.18 bits per heavy atom. The van der Waals surface area contributed by atoms with Crippen LogP contribution in [0.15, 0.2) is 16.7 Å². The van der Waals surface area contributed by atoms with Crippen molar-refractivity contribution in [3.8, 4) is 0 Å². The smallest absolute Gasteiger partial charge is 0.257 e. The van der Waals surface area contributed by atoms with E-state index in [0.717, 1.165) is 12.8 Å². The molecule has 0 unspecified atom stereocenters. The van der Waals surface area contributed by atoms with E-state index in [-0.39, 0.29) is 11.8 Å². The van der Waals surface area contributed by atoms with Crippen LogP contribution in [0, 0.1) is 12.8 Å². The standard InChI is InChI=1S/C12H16N2O2S/c1-8-10(4-7-16-8)12(15)14-5-2-9(3-6-14)11(13)17/h4,7,9H,2-3,5-6H2,1H3,(H2,13,17). The van der Waals surface area contributed by atoms with Crippen LogP contribution in [-0.4, -0.2) is 28.9 Å². The lowest BCUT2D eigenvalue weighted by molar-refractivity contribution is 0.0708. The average molecular weight is 252 g/mol. The molecule has 5 heteroatoms. The summed E-state index contributed by atoms with van der Waals surface area (Å²) < 4.78 is 5.15. The Labute approximate surface area is 106 Å². The van der Waals surface area contributed by atoms with E-state index < -0.39 is 0 Å². The molecule has 1 aromatic heterocycles. The lowest BCUT2D eigenvalue weighted by atomic mass is 9.96. The molecule has 1 aromatic rings. The van der Waals surface area contributed by atoms with Crippen molar-refractivity contribution in [3.05, 3.63) is 23.7 Å². The Hall–Kier alpha value is -1.36. The topological polar surface area (TPSA) is 59.5 Å². The van der Waals surface area contributed by atoms with Gasteiger partial charge in [0.25, 0.3) is 5.91 Å². The Balaban J connectivity index is 2.00. The van der Waals surface area contributed by atoms with Crippen molar-refractivity contribution in [1.82, 2.24) is 4.90 Å². The van der Waals surface area contributed by atoms with Crippen LogP contribution in [0.2, 0.25) is 0 Å². The summed E-state index contributed by atoms with van der Waals surface area (Å²) in [6.07, 6.45) is 3.26. The molecule has 0 saturated carbocycles. The molecule has 1 aliphatic rings. The molecule has 1 saturated heterocycles. The first-order valence-electron chi connectivity index (χ1n) is 5.72. The monoisotopic (exact) mass is 252 g/mol. The molecule has 0 spiro atoms. The fraction of sp³-hybridized carbons (Fsp3) is 0.500. The van der Waals surface area contributed by atoms with Crippen LogP contribution in [0.5, 0.6) is 0 Å².